The van der Waals surface area contributed by atoms with Gasteiger partial charge in [-0.05, 0) is 33.6 Å². The maximum absolute atomic E-state index is 11.6. The van der Waals surface area contributed by atoms with Crippen molar-refractivity contribution in [1.82, 2.24) is 5.32 Å². The van der Waals surface area contributed by atoms with Gasteiger partial charge in [0.1, 0.15) is 5.60 Å². The molecular weight excluding hydrogens is 222 g/mol. The lowest BCUT2D eigenvalue weighted by atomic mass is 9.94. The number of nitrogens with one attached hydrogen (secondary N) is 1. The monoisotopic (exact) mass is 245 g/mol. The Balaban J connectivity index is 2.42. The molecule has 1 aliphatic rings. The van der Waals surface area contributed by atoms with Crippen molar-refractivity contribution in [2.75, 3.05) is 19.8 Å². The van der Waals surface area contributed by atoms with E-state index in [4.69, 9.17) is 9.47 Å². The lowest BCUT2D eigenvalue weighted by Crippen LogP contribution is -2.47. The standard InChI is InChI=1S/C12H23NO4/c1-12(2,3)17-11(15)13-10(7-14)9-5-4-6-16-8-9/h9-10,14H,4-8H2,1-3H3,(H,13,15). The average molecular weight is 245 g/mol. The second-order valence-electron chi connectivity index (χ2n) is 5.41. The lowest BCUT2D eigenvalue weighted by Gasteiger charge is -2.30. The molecule has 0 radical (unpaired) electrons. The van der Waals surface area contributed by atoms with E-state index in [1.807, 2.05) is 20.8 Å². The van der Waals surface area contributed by atoms with E-state index in [2.05, 4.69) is 5.32 Å². The second-order valence-corrected chi connectivity index (χ2v) is 5.41. The molecule has 0 aromatic heterocycles. The summed E-state index contributed by atoms with van der Waals surface area (Å²) in [5.41, 5.74) is -0.521. The minimum absolute atomic E-state index is 0.0900. The van der Waals surface area contributed by atoms with E-state index < -0.39 is 11.7 Å². The molecule has 5 heteroatoms. The zero-order valence-corrected chi connectivity index (χ0v) is 10.9. The van der Waals surface area contributed by atoms with Crippen molar-refractivity contribution in [3.05, 3.63) is 0 Å². The Hall–Kier alpha value is -0.810. The normalized spacial score (nSPS) is 22.9. The third-order valence-corrected chi connectivity index (χ3v) is 2.66. The van der Waals surface area contributed by atoms with Crippen LogP contribution in [0.3, 0.4) is 0 Å². The Morgan fingerprint density at radius 3 is 2.76 bits per heavy atom. The molecule has 1 aliphatic heterocycles. The van der Waals surface area contributed by atoms with Gasteiger partial charge < -0.3 is 19.9 Å². The first-order chi connectivity index (χ1) is 7.92. The topological polar surface area (TPSA) is 67.8 Å². The SMILES string of the molecule is CC(C)(C)OC(=O)NC(CO)C1CCCOC1. The number of carbonyl (C=O) groups excluding carboxylic acids is 1. The Kier molecular flexibility index (Phi) is 5.21. The minimum atomic E-state index is -0.521. The van der Waals surface area contributed by atoms with Crippen molar-refractivity contribution < 1.29 is 19.4 Å². The molecular formula is C12H23NO4. The van der Waals surface area contributed by atoms with Crippen LogP contribution in [0.4, 0.5) is 4.79 Å². The molecule has 1 fully saturated rings. The second kappa shape index (κ2) is 6.21. The molecule has 100 valence electrons. The number of hydrogen-bond donors (Lipinski definition) is 2. The van der Waals surface area contributed by atoms with E-state index in [1.54, 1.807) is 0 Å². The van der Waals surface area contributed by atoms with Crippen LogP contribution in [0.1, 0.15) is 33.6 Å². The Bertz CT molecular complexity index is 243. The number of ether oxygens (including phenoxy) is 2. The van der Waals surface area contributed by atoms with Crippen LogP contribution in [-0.4, -0.2) is 42.7 Å². The fourth-order valence-corrected chi connectivity index (χ4v) is 1.85. The van der Waals surface area contributed by atoms with Gasteiger partial charge in [-0.15, -0.1) is 0 Å². The van der Waals surface area contributed by atoms with Crippen LogP contribution in [0.25, 0.3) is 0 Å². The quantitative estimate of drug-likeness (QED) is 0.786. The van der Waals surface area contributed by atoms with E-state index in [-0.39, 0.29) is 18.6 Å². The molecule has 17 heavy (non-hydrogen) atoms. The Labute approximate surface area is 102 Å². The molecule has 0 bridgehead atoms. The fourth-order valence-electron chi connectivity index (χ4n) is 1.85. The van der Waals surface area contributed by atoms with Gasteiger partial charge in [0.2, 0.25) is 0 Å². The van der Waals surface area contributed by atoms with Crippen LogP contribution in [0, 0.1) is 5.92 Å². The van der Waals surface area contributed by atoms with Gasteiger partial charge >= 0.3 is 6.09 Å². The summed E-state index contributed by atoms with van der Waals surface area (Å²) in [5.74, 6) is 0.168. The van der Waals surface area contributed by atoms with E-state index in [0.29, 0.717) is 6.61 Å². The third kappa shape index (κ3) is 5.37. The third-order valence-electron chi connectivity index (χ3n) is 2.66. The van der Waals surface area contributed by atoms with E-state index >= 15 is 0 Å². The summed E-state index contributed by atoms with van der Waals surface area (Å²) in [4.78, 5) is 11.6. The first-order valence-corrected chi connectivity index (χ1v) is 6.10. The summed E-state index contributed by atoms with van der Waals surface area (Å²) in [6, 6.07) is -0.287. The number of carbonyl (C=O) groups is 1. The molecule has 1 amide bonds. The maximum atomic E-state index is 11.6. The van der Waals surface area contributed by atoms with Gasteiger partial charge in [-0.2, -0.15) is 0 Å². The molecule has 0 spiro atoms. The van der Waals surface area contributed by atoms with Crippen LogP contribution < -0.4 is 5.32 Å². The van der Waals surface area contributed by atoms with Gasteiger partial charge in [-0.25, -0.2) is 4.79 Å². The Morgan fingerprint density at radius 1 is 1.59 bits per heavy atom. The molecule has 0 aromatic rings. The van der Waals surface area contributed by atoms with E-state index in [0.717, 1.165) is 19.4 Å². The smallest absolute Gasteiger partial charge is 0.407 e. The molecule has 5 nitrogen and oxygen atoms in total. The highest BCUT2D eigenvalue weighted by Crippen LogP contribution is 2.18. The zero-order valence-electron chi connectivity index (χ0n) is 10.9. The maximum Gasteiger partial charge on any atom is 0.407 e. The molecule has 1 heterocycles. The predicted molar refractivity (Wildman–Crippen MR) is 63.8 cm³/mol. The molecule has 1 saturated heterocycles. The first-order valence-electron chi connectivity index (χ1n) is 6.10. The molecule has 2 unspecified atom stereocenters. The van der Waals surface area contributed by atoms with Gasteiger partial charge in [0.15, 0.2) is 0 Å². The zero-order chi connectivity index (χ0) is 12.9. The van der Waals surface area contributed by atoms with Crippen LogP contribution in [0.2, 0.25) is 0 Å². The molecule has 2 atom stereocenters. The number of hydrogen-bond acceptors (Lipinski definition) is 4. The van der Waals surface area contributed by atoms with Gasteiger partial charge in [0, 0.05) is 12.5 Å². The number of aliphatic hydroxyl groups excluding tert-OH is 1. The molecule has 2 N–H and O–H groups in total. The summed E-state index contributed by atoms with van der Waals surface area (Å²) in [5, 5.41) is 12.0. The summed E-state index contributed by atoms with van der Waals surface area (Å²) in [6.07, 6.45) is 1.44. The van der Waals surface area contributed by atoms with Crippen molar-refractivity contribution in [2.45, 2.75) is 45.3 Å². The van der Waals surface area contributed by atoms with Gasteiger partial charge in [-0.3, -0.25) is 0 Å². The van der Waals surface area contributed by atoms with Gasteiger partial charge in [0.25, 0.3) is 0 Å². The summed E-state index contributed by atoms with van der Waals surface area (Å²) >= 11 is 0. The highest BCUT2D eigenvalue weighted by molar-refractivity contribution is 5.68. The Morgan fingerprint density at radius 2 is 2.29 bits per heavy atom. The van der Waals surface area contributed by atoms with Gasteiger partial charge in [-0.1, -0.05) is 0 Å². The predicted octanol–water partition coefficient (Wildman–Crippen LogP) is 1.30. The van der Waals surface area contributed by atoms with Crippen molar-refractivity contribution in [3.8, 4) is 0 Å². The van der Waals surface area contributed by atoms with Crippen molar-refractivity contribution in [1.29, 1.82) is 0 Å². The van der Waals surface area contributed by atoms with E-state index in [1.165, 1.54) is 0 Å². The molecule has 0 saturated carbocycles. The summed E-state index contributed by atoms with van der Waals surface area (Å²) in [7, 11) is 0. The van der Waals surface area contributed by atoms with Crippen molar-refractivity contribution in [2.24, 2.45) is 5.92 Å². The molecule has 0 aliphatic carbocycles. The lowest BCUT2D eigenvalue weighted by molar-refractivity contribution is 0.0173. The summed E-state index contributed by atoms with van der Waals surface area (Å²) in [6.45, 7) is 6.69. The van der Waals surface area contributed by atoms with Crippen LogP contribution in [-0.2, 0) is 9.47 Å². The average Bonchev–Trinajstić information content (AvgIpc) is 2.24. The number of aliphatic hydroxyl groups is 1. The van der Waals surface area contributed by atoms with Crippen LogP contribution >= 0.6 is 0 Å². The first kappa shape index (κ1) is 14.3. The number of amides is 1. The van der Waals surface area contributed by atoms with Crippen LogP contribution in [0.15, 0.2) is 0 Å². The molecule has 1 rings (SSSR count). The number of alkyl carbamates (subject to hydrolysis) is 1. The van der Waals surface area contributed by atoms with E-state index in [9.17, 15) is 9.90 Å². The van der Waals surface area contributed by atoms with Crippen molar-refractivity contribution in [3.63, 3.8) is 0 Å². The highest BCUT2D eigenvalue weighted by atomic mass is 16.6. The van der Waals surface area contributed by atoms with Crippen LogP contribution in [0.5, 0.6) is 0 Å². The van der Waals surface area contributed by atoms with Gasteiger partial charge in [0.05, 0.1) is 19.3 Å². The molecule has 0 aromatic carbocycles. The summed E-state index contributed by atoms with van der Waals surface area (Å²) < 4.78 is 10.5. The minimum Gasteiger partial charge on any atom is -0.444 e. The highest BCUT2D eigenvalue weighted by Gasteiger charge is 2.27. The number of rotatable bonds is 3. The fraction of sp³-hybridized carbons (Fsp3) is 0.917. The van der Waals surface area contributed by atoms with Crippen molar-refractivity contribution >= 4 is 6.09 Å². The largest absolute Gasteiger partial charge is 0.444 e.